The Kier molecular flexibility index (Phi) is 6.81. The van der Waals surface area contributed by atoms with Gasteiger partial charge in [0.1, 0.15) is 0 Å². The zero-order chi connectivity index (χ0) is 22.6. The fourth-order valence-corrected chi connectivity index (χ4v) is 4.73. The first kappa shape index (κ1) is 22.6. The summed E-state index contributed by atoms with van der Waals surface area (Å²) in [4.78, 5) is 13.0. The van der Waals surface area contributed by atoms with Gasteiger partial charge in [-0.05, 0) is 68.1 Å². The van der Waals surface area contributed by atoms with Crippen LogP contribution in [0.25, 0.3) is 0 Å². The van der Waals surface area contributed by atoms with Gasteiger partial charge in [-0.1, -0.05) is 55.0 Å². The molecule has 162 valence electrons. The molecule has 0 bridgehead atoms. The van der Waals surface area contributed by atoms with Crippen molar-refractivity contribution < 1.29 is 13.2 Å². The maximum absolute atomic E-state index is 12.9. The quantitative estimate of drug-likeness (QED) is 0.528. The third-order valence-corrected chi connectivity index (χ3v) is 6.67. The van der Waals surface area contributed by atoms with Crippen LogP contribution in [0, 0.1) is 20.8 Å². The van der Waals surface area contributed by atoms with E-state index >= 15 is 0 Å². The van der Waals surface area contributed by atoms with Crippen LogP contribution < -0.4 is 10.0 Å². The number of sulfonamides is 1. The van der Waals surface area contributed by atoms with Crippen LogP contribution in [0.15, 0.2) is 71.6 Å². The molecule has 0 spiro atoms. The first-order valence-corrected chi connectivity index (χ1v) is 11.8. The molecule has 0 unspecified atom stereocenters. The molecule has 6 heteroatoms. The number of benzene rings is 3. The lowest BCUT2D eigenvalue weighted by Gasteiger charge is -2.20. The Labute approximate surface area is 184 Å². The molecule has 1 atom stereocenters. The molecule has 0 heterocycles. The maximum atomic E-state index is 12.9. The lowest BCUT2D eigenvalue weighted by atomic mass is 9.97. The summed E-state index contributed by atoms with van der Waals surface area (Å²) in [5, 5.41) is 3.04. The number of carbonyl (C=O) groups is 1. The van der Waals surface area contributed by atoms with E-state index in [1.165, 1.54) is 17.7 Å². The van der Waals surface area contributed by atoms with Gasteiger partial charge >= 0.3 is 0 Å². The molecule has 0 saturated carbocycles. The van der Waals surface area contributed by atoms with Crippen molar-refractivity contribution in [2.75, 3.05) is 4.72 Å². The second-order valence-electron chi connectivity index (χ2n) is 7.74. The van der Waals surface area contributed by atoms with Gasteiger partial charge in [0.2, 0.25) is 0 Å². The Morgan fingerprint density at radius 1 is 0.903 bits per heavy atom. The van der Waals surface area contributed by atoms with Gasteiger partial charge in [0.15, 0.2) is 0 Å². The molecule has 0 fully saturated rings. The zero-order valence-corrected chi connectivity index (χ0v) is 19.1. The monoisotopic (exact) mass is 436 g/mol. The number of aryl methyl sites for hydroxylation is 3. The summed E-state index contributed by atoms with van der Waals surface area (Å²) in [7, 11) is -3.82. The van der Waals surface area contributed by atoms with Crippen molar-refractivity contribution in [1.29, 1.82) is 0 Å². The number of carbonyl (C=O) groups excluding carboxylic acids is 1. The molecule has 0 radical (unpaired) electrons. The first-order chi connectivity index (χ1) is 14.7. The molecular formula is C25H28N2O3S. The Morgan fingerprint density at radius 3 is 2.32 bits per heavy atom. The fraction of sp³-hybridized carbons (Fsp3) is 0.240. The zero-order valence-electron chi connectivity index (χ0n) is 18.3. The summed E-state index contributed by atoms with van der Waals surface area (Å²) in [6.45, 7) is 7.91. The Hall–Kier alpha value is -3.12. The van der Waals surface area contributed by atoms with E-state index < -0.39 is 10.0 Å². The summed E-state index contributed by atoms with van der Waals surface area (Å²) < 4.78 is 28.3. The van der Waals surface area contributed by atoms with Crippen molar-refractivity contribution in [3.8, 4) is 0 Å². The molecule has 1 amide bonds. The van der Waals surface area contributed by atoms with E-state index in [0.717, 1.165) is 23.1 Å². The van der Waals surface area contributed by atoms with E-state index in [9.17, 15) is 13.2 Å². The van der Waals surface area contributed by atoms with Gasteiger partial charge in [0.05, 0.1) is 16.6 Å². The SMILES string of the molecule is CC[C@H](NC(=O)c1cccc(S(=O)(=O)Nc2ccccc2C)c1)c1ccc(C)cc1C. The molecule has 0 aliphatic rings. The highest BCUT2D eigenvalue weighted by Gasteiger charge is 2.20. The highest BCUT2D eigenvalue weighted by molar-refractivity contribution is 7.92. The molecule has 3 aromatic carbocycles. The molecule has 2 N–H and O–H groups in total. The van der Waals surface area contributed by atoms with Crippen LogP contribution in [0.5, 0.6) is 0 Å². The molecule has 0 aliphatic carbocycles. The summed E-state index contributed by atoms with van der Waals surface area (Å²) >= 11 is 0. The second kappa shape index (κ2) is 9.35. The van der Waals surface area contributed by atoms with Crippen molar-refractivity contribution in [3.63, 3.8) is 0 Å². The topological polar surface area (TPSA) is 75.3 Å². The van der Waals surface area contributed by atoms with E-state index in [1.807, 2.05) is 52.0 Å². The van der Waals surface area contributed by atoms with E-state index in [2.05, 4.69) is 16.1 Å². The number of anilines is 1. The van der Waals surface area contributed by atoms with Gasteiger partial charge < -0.3 is 5.32 Å². The predicted octanol–water partition coefficient (Wildman–Crippen LogP) is 5.29. The summed E-state index contributed by atoms with van der Waals surface area (Å²) in [5.74, 6) is -0.306. The van der Waals surface area contributed by atoms with Crippen LogP contribution in [0.1, 0.15) is 52.0 Å². The number of hydrogen-bond donors (Lipinski definition) is 2. The smallest absolute Gasteiger partial charge is 0.261 e. The number of rotatable bonds is 7. The third-order valence-electron chi connectivity index (χ3n) is 5.31. The van der Waals surface area contributed by atoms with Crippen molar-refractivity contribution in [2.45, 2.75) is 45.1 Å². The van der Waals surface area contributed by atoms with E-state index in [1.54, 1.807) is 24.3 Å². The fourth-order valence-electron chi connectivity index (χ4n) is 3.55. The minimum Gasteiger partial charge on any atom is -0.345 e. The number of hydrogen-bond acceptors (Lipinski definition) is 3. The highest BCUT2D eigenvalue weighted by Crippen LogP contribution is 2.23. The van der Waals surface area contributed by atoms with Crippen LogP contribution in [-0.2, 0) is 10.0 Å². The standard InChI is InChI=1S/C25H28N2O3S/c1-5-23(22-14-13-17(2)15-19(22)4)26-25(28)20-10-8-11-21(16-20)31(29,30)27-24-12-7-6-9-18(24)3/h6-16,23,27H,5H2,1-4H3,(H,26,28)/t23-/m0/s1. The average molecular weight is 437 g/mol. The largest absolute Gasteiger partial charge is 0.345 e. The van der Waals surface area contributed by atoms with Crippen LogP contribution in [0.2, 0.25) is 0 Å². The Balaban J connectivity index is 1.83. The van der Waals surface area contributed by atoms with Crippen LogP contribution in [0.4, 0.5) is 5.69 Å². The molecule has 0 saturated heterocycles. The Morgan fingerprint density at radius 2 is 1.65 bits per heavy atom. The highest BCUT2D eigenvalue weighted by atomic mass is 32.2. The van der Waals surface area contributed by atoms with Crippen molar-refractivity contribution in [1.82, 2.24) is 5.32 Å². The minimum absolute atomic E-state index is 0.0444. The van der Waals surface area contributed by atoms with Crippen LogP contribution in [-0.4, -0.2) is 14.3 Å². The minimum atomic E-state index is -3.82. The molecule has 5 nitrogen and oxygen atoms in total. The Bertz CT molecular complexity index is 1200. The van der Waals surface area contributed by atoms with Gasteiger partial charge in [-0.15, -0.1) is 0 Å². The molecule has 0 aliphatic heterocycles. The maximum Gasteiger partial charge on any atom is 0.261 e. The van der Waals surface area contributed by atoms with Gasteiger partial charge in [0.25, 0.3) is 15.9 Å². The molecule has 31 heavy (non-hydrogen) atoms. The van der Waals surface area contributed by atoms with Crippen molar-refractivity contribution >= 4 is 21.6 Å². The average Bonchev–Trinajstić information content (AvgIpc) is 2.74. The van der Waals surface area contributed by atoms with E-state index in [0.29, 0.717) is 11.3 Å². The van der Waals surface area contributed by atoms with Gasteiger partial charge in [-0.3, -0.25) is 9.52 Å². The van der Waals surface area contributed by atoms with Crippen LogP contribution >= 0.6 is 0 Å². The second-order valence-corrected chi connectivity index (χ2v) is 9.42. The number of amides is 1. The van der Waals surface area contributed by atoms with Gasteiger partial charge in [-0.2, -0.15) is 0 Å². The normalized spacial score (nSPS) is 12.3. The number of nitrogens with one attached hydrogen (secondary N) is 2. The van der Waals surface area contributed by atoms with E-state index in [-0.39, 0.29) is 16.8 Å². The molecule has 3 aromatic rings. The molecule has 0 aromatic heterocycles. The molecule has 3 rings (SSSR count). The summed E-state index contributed by atoms with van der Waals surface area (Å²) in [6.07, 6.45) is 0.725. The predicted molar refractivity (Wildman–Crippen MR) is 125 cm³/mol. The number of para-hydroxylation sites is 1. The summed E-state index contributed by atoms with van der Waals surface area (Å²) in [6, 6.07) is 19.3. The van der Waals surface area contributed by atoms with Gasteiger partial charge in [-0.25, -0.2) is 8.42 Å². The van der Waals surface area contributed by atoms with Crippen molar-refractivity contribution in [3.05, 3.63) is 94.5 Å². The third kappa shape index (κ3) is 5.33. The van der Waals surface area contributed by atoms with Gasteiger partial charge in [0, 0.05) is 5.56 Å². The van der Waals surface area contributed by atoms with E-state index in [4.69, 9.17) is 0 Å². The molecular weight excluding hydrogens is 408 g/mol. The lowest BCUT2D eigenvalue weighted by Crippen LogP contribution is -2.29. The first-order valence-electron chi connectivity index (χ1n) is 10.3. The van der Waals surface area contributed by atoms with Crippen LogP contribution in [0.3, 0.4) is 0 Å². The summed E-state index contributed by atoms with van der Waals surface area (Å²) in [5.41, 5.74) is 4.98. The lowest BCUT2D eigenvalue weighted by molar-refractivity contribution is 0.0935. The van der Waals surface area contributed by atoms with Crippen molar-refractivity contribution in [2.24, 2.45) is 0 Å².